The average molecular weight is 317 g/mol. The third-order valence-corrected chi connectivity index (χ3v) is 3.68. The van der Waals surface area contributed by atoms with Gasteiger partial charge in [-0.1, -0.05) is 19.1 Å². The monoisotopic (exact) mass is 317 g/mol. The van der Waals surface area contributed by atoms with E-state index in [1.807, 2.05) is 6.92 Å². The number of nitrogen functional groups attached to an aromatic ring is 1. The Morgan fingerprint density at radius 2 is 1.87 bits per heavy atom. The van der Waals surface area contributed by atoms with Crippen molar-refractivity contribution in [1.82, 2.24) is 9.97 Å². The van der Waals surface area contributed by atoms with Gasteiger partial charge >= 0.3 is 6.18 Å². The summed E-state index contributed by atoms with van der Waals surface area (Å²) >= 11 is 0. The highest BCUT2D eigenvalue weighted by molar-refractivity contribution is 5.96. The van der Waals surface area contributed by atoms with Crippen molar-refractivity contribution in [3.63, 3.8) is 0 Å². The summed E-state index contributed by atoms with van der Waals surface area (Å²) in [5.41, 5.74) is 6.25. The predicted molar refractivity (Wildman–Crippen MR) is 83.8 cm³/mol. The number of halogens is 3. The first-order valence-electron chi connectivity index (χ1n) is 7.12. The number of hydrogen-bond donors (Lipinski definition) is 1. The Morgan fingerprint density at radius 3 is 2.57 bits per heavy atom. The zero-order valence-corrected chi connectivity index (χ0v) is 12.4. The Balaban J connectivity index is 2.43. The molecule has 3 rings (SSSR count). The molecule has 118 valence electrons. The standard InChI is InChI=1S/C17H14F3N3/c1-2-13-11(6-8-14(21)23-13)15-12(17(18,19)20)7-5-10-4-3-9-22-16(10)15/h3-9H,2H2,1H3,(H2,21,23). The van der Waals surface area contributed by atoms with E-state index in [1.165, 1.54) is 18.3 Å². The lowest BCUT2D eigenvalue weighted by Crippen LogP contribution is -2.09. The molecule has 6 heteroatoms. The summed E-state index contributed by atoms with van der Waals surface area (Å²) in [5.74, 6) is 0.285. The fraction of sp³-hybridized carbons (Fsp3) is 0.176. The normalized spacial score (nSPS) is 11.8. The van der Waals surface area contributed by atoms with Crippen LogP contribution in [0.4, 0.5) is 19.0 Å². The van der Waals surface area contributed by atoms with Crippen molar-refractivity contribution in [2.24, 2.45) is 0 Å². The Labute approximate surface area is 131 Å². The number of nitrogens with zero attached hydrogens (tertiary/aromatic N) is 2. The molecular formula is C17H14F3N3. The second-order valence-electron chi connectivity index (χ2n) is 5.14. The van der Waals surface area contributed by atoms with Crippen molar-refractivity contribution in [3.05, 3.63) is 53.9 Å². The van der Waals surface area contributed by atoms with E-state index in [9.17, 15) is 13.2 Å². The Kier molecular flexibility index (Phi) is 3.67. The lowest BCUT2D eigenvalue weighted by molar-refractivity contribution is -0.137. The number of aryl methyl sites for hydroxylation is 1. The van der Waals surface area contributed by atoms with Gasteiger partial charge in [-0.2, -0.15) is 13.2 Å². The minimum atomic E-state index is -4.48. The van der Waals surface area contributed by atoms with E-state index in [2.05, 4.69) is 9.97 Å². The number of fused-ring (bicyclic) bond motifs is 1. The van der Waals surface area contributed by atoms with Crippen LogP contribution in [0.15, 0.2) is 42.6 Å². The maximum Gasteiger partial charge on any atom is 0.417 e. The minimum absolute atomic E-state index is 0.0555. The first-order chi connectivity index (χ1) is 10.9. The van der Waals surface area contributed by atoms with Gasteiger partial charge in [0, 0.05) is 22.7 Å². The van der Waals surface area contributed by atoms with Crippen molar-refractivity contribution in [2.75, 3.05) is 5.73 Å². The first kappa shape index (κ1) is 15.3. The number of anilines is 1. The summed E-state index contributed by atoms with van der Waals surface area (Å²) in [6, 6.07) is 9.06. The van der Waals surface area contributed by atoms with Crippen LogP contribution in [0.25, 0.3) is 22.0 Å². The largest absolute Gasteiger partial charge is 0.417 e. The maximum atomic E-state index is 13.5. The second kappa shape index (κ2) is 5.53. The molecule has 0 spiro atoms. The SMILES string of the molecule is CCc1nc(N)ccc1-c1c(C(F)(F)F)ccc2cccnc12. The molecular weight excluding hydrogens is 303 g/mol. The van der Waals surface area contributed by atoms with Crippen LogP contribution in [0.5, 0.6) is 0 Å². The Morgan fingerprint density at radius 1 is 1.09 bits per heavy atom. The Bertz CT molecular complexity index is 873. The molecule has 0 aliphatic heterocycles. The molecule has 0 unspecified atom stereocenters. The molecule has 0 radical (unpaired) electrons. The van der Waals surface area contributed by atoms with Crippen molar-refractivity contribution < 1.29 is 13.2 Å². The fourth-order valence-electron chi connectivity index (χ4n) is 2.67. The summed E-state index contributed by atoms with van der Waals surface area (Å²) in [7, 11) is 0. The van der Waals surface area contributed by atoms with Crippen LogP contribution < -0.4 is 5.73 Å². The summed E-state index contributed by atoms with van der Waals surface area (Å²) in [6.45, 7) is 1.83. The molecule has 0 aliphatic rings. The van der Waals surface area contributed by atoms with Gasteiger partial charge in [0.2, 0.25) is 0 Å². The molecule has 0 saturated heterocycles. The number of benzene rings is 1. The molecule has 23 heavy (non-hydrogen) atoms. The van der Waals surface area contributed by atoms with Crippen LogP contribution in [0.3, 0.4) is 0 Å². The lowest BCUT2D eigenvalue weighted by Gasteiger charge is -2.17. The van der Waals surface area contributed by atoms with E-state index in [-0.39, 0.29) is 11.4 Å². The molecule has 0 aliphatic carbocycles. The van der Waals surface area contributed by atoms with Gasteiger partial charge in [0.25, 0.3) is 0 Å². The summed E-state index contributed by atoms with van der Waals surface area (Å²) in [5, 5.41) is 0.648. The third kappa shape index (κ3) is 2.72. The molecule has 3 nitrogen and oxygen atoms in total. The van der Waals surface area contributed by atoms with Crippen LogP contribution >= 0.6 is 0 Å². The number of hydrogen-bond acceptors (Lipinski definition) is 3. The minimum Gasteiger partial charge on any atom is -0.384 e. The van der Waals surface area contributed by atoms with Gasteiger partial charge in [-0.3, -0.25) is 4.98 Å². The molecule has 0 fully saturated rings. The van der Waals surface area contributed by atoms with E-state index >= 15 is 0 Å². The molecule has 0 amide bonds. The molecule has 2 aromatic heterocycles. The third-order valence-electron chi connectivity index (χ3n) is 3.68. The Hall–Kier alpha value is -2.63. The number of alkyl halides is 3. The van der Waals surface area contributed by atoms with Crippen molar-refractivity contribution >= 4 is 16.7 Å². The van der Waals surface area contributed by atoms with Gasteiger partial charge in [0.1, 0.15) is 5.82 Å². The first-order valence-corrected chi connectivity index (χ1v) is 7.12. The quantitative estimate of drug-likeness (QED) is 0.759. The van der Waals surface area contributed by atoms with Crippen LogP contribution in [-0.2, 0) is 12.6 Å². The zero-order chi connectivity index (χ0) is 16.6. The molecule has 2 N–H and O–H groups in total. The predicted octanol–water partition coefficient (Wildman–Crippen LogP) is 4.46. The number of rotatable bonds is 2. The lowest BCUT2D eigenvalue weighted by atomic mass is 9.94. The van der Waals surface area contributed by atoms with Gasteiger partial charge in [-0.15, -0.1) is 0 Å². The number of nitrogens with two attached hydrogens (primary N) is 1. The van der Waals surface area contributed by atoms with Gasteiger partial charge in [-0.25, -0.2) is 4.98 Å². The average Bonchev–Trinajstić information content (AvgIpc) is 2.53. The van der Waals surface area contributed by atoms with Crippen molar-refractivity contribution in [1.29, 1.82) is 0 Å². The fourth-order valence-corrected chi connectivity index (χ4v) is 2.67. The van der Waals surface area contributed by atoms with Crippen LogP contribution in [0, 0.1) is 0 Å². The smallest absolute Gasteiger partial charge is 0.384 e. The van der Waals surface area contributed by atoms with Gasteiger partial charge in [-0.05, 0) is 30.7 Å². The van der Waals surface area contributed by atoms with E-state index in [0.29, 0.717) is 28.6 Å². The van der Waals surface area contributed by atoms with Crippen LogP contribution in [0.2, 0.25) is 0 Å². The molecule has 0 saturated carbocycles. The maximum absolute atomic E-state index is 13.5. The molecule has 0 atom stereocenters. The topological polar surface area (TPSA) is 51.8 Å². The van der Waals surface area contributed by atoms with Gasteiger partial charge in [0.15, 0.2) is 0 Å². The van der Waals surface area contributed by atoms with E-state index in [0.717, 1.165) is 6.07 Å². The molecule has 3 aromatic rings. The number of pyridine rings is 2. The van der Waals surface area contributed by atoms with E-state index < -0.39 is 11.7 Å². The summed E-state index contributed by atoms with van der Waals surface area (Å²) in [4.78, 5) is 8.35. The molecule has 2 heterocycles. The van der Waals surface area contributed by atoms with Gasteiger partial charge in [0.05, 0.1) is 16.8 Å². The van der Waals surface area contributed by atoms with Crippen LogP contribution in [-0.4, -0.2) is 9.97 Å². The van der Waals surface area contributed by atoms with E-state index in [1.54, 1.807) is 18.2 Å². The summed E-state index contributed by atoms with van der Waals surface area (Å²) in [6.07, 6.45) is -2.52. The van der Waals surface area contributed by atoms with E-state index in [4.69, 9.17) is 5.73 Å². The highest BCUT2D eigenvalue weighted by Gasteiger charge is 2.35. The van der Waals surface area contributed by atoms with Crippen molar-refractivity contribution in [3.8, 4) is 11.1 Å². The molecule has 1 aromatic carbocycles. The summed E-state index contributed by atoms with van der Waals surface area (Å²) < 4.78 is 40.5. The highest BCUT2D eigenvalue weighted by atomic mass is 19.4. The van der Waals surface area contributed by atoms with Crippen LogP contribution in [0.1, 0.15) is 18.2 Å². The highest BCUT2D eigenvalue weighted by Crippen LogP contribution is 2.41. The van der Waals surface area contributed by atoms with Gasteiger partial charge < -0.3 is 5.73 Å². The second-order valence-corrected chi connectivity index (χ2v) is 5.14. The van der Waals surface area contributed by atoms with Crippen molar-refractivity contribution in [2.45, 2.75) is 19.5 Å². The molecule has 0 bridgehead atoms. The zero-order valence-electron chi connectivity index (χ0n) is 12.4. The number of aromatic nitrogens is 2.